The van der Waals surface area contributed by atoms with Crippen molar-refractivity contribution >= 4 is 0 Å². The van der Waals surface area contributed by atoms with Gasteiger partial charge in [0, 0.05) is 0 Å². The second-order valence-corrected chi connectivity index (χ2v) is 9.06. The first-order chi connectivity index (χ1) is 17.8. The second kappa shape index (κ2) is 9.90. The van der Waals surface area contributed by atoms with Gasteiger partial charge in [0.1, 0.15) is 0 Å². The van der Waals surface area contributed by atoms with Crippen LogP contribution in [-0.2, 0) is 0 Å². The molecule has 6 aromatic carbocycles. The van der Waals surface area contributed by atoms with Crippen molar-refractivity contribution in [2.24, 2.45) is 0 Å². The molecule has 0 radical (unpaired) electrons. The molecule has 0 fully saturated rings. The van der Waals surface area contributed by atoms with Gasteiger partial charge in [-0.15, -0.1) is 0 Å². The Hall–Kier alpha value is -4.68. The quantitative estimate of drug-likeness (QED) is 0.241. The molecule has 0 aromatic heterocycles. The molecule has 0 unspecified atom stereocenters. The van der Waals surface area contributed by atoms with Crippen LogP contribution in [0, 0.1) is 0 Å². The summed E-state index contributed by atoms with van der Waals surface area (Å²) in [5, 5.41) is 0. The van der Waals surface area contributed by atoms with E-state index in [-0.39, 0.29) is 0 Å². The normalized spacial score (nSPS) is 10.8. The molecule has 0 aliphatic carbocycles. The standard InChI is InChI=1S/C36H26/c1-4-12-27(13-5-1)30-18-10-19-31(22-30)32-20-11-21-33(23-32)36-25-34(28-14-6-2-7-15-28)24-35(26-36)29-16-8-3-9-17-29/h1-26H. The van der Waals surface area contributed by atoms with Gasteiger partial charge in [0.05, 0.1) is 0 Å². The van der Waals surface area contributed by atoms with Gasteiger partial charge in [-0.05, 0) is 86.0 Å². The lowest BCUT2D eigenvalue weighted by Gasteiger charge is -2.13. The molecule has 0 N–H and O–H groups in total. The van der Waals surface area contributed by atoms with Crippen LogP contribution in [-0.4, -0.2) is 0 Å². The first kappa shape index (κ1) is 21.8. The molecule has 0 spiro atoms. The average Bonchev–Trinajstić information content (AvgIpc) is 2.98. The number of hydrogen-bond donors (Lipinski definition) is 0. The zero-order chi connectivity index (χ0) is 24.2. The topological polar surface area (TPSA) is 0 Å². The Kier molecular flexibility index (Phi) is 6.00. The molecular weight excluding hydrogens is 432 g/mol. The fourth-order valence-corrected chi connectivity index (χ4v) is 4.78. The van der Waals surface area contributed by atoms with Gasteiger partial charge in [0.25, 0.3) is 0 Å². The number of benzene rings is 6. The molecule has 0 heteroatoms. The van der Waals surface area contributed by atoms with Crippen LogP contribution in [0.3, 0.4) is 0 Å². The summed E-state index contributed by atoms with van der Waals surface area (Å²) in [5.74, 6) is 0. The summed E-state index contributed by atoms with van der Waals surface area (Å²) in [7, 11) is 0. The monoisotopic (exact) mass is 458 g/mol. The lowest BCUT2D eigenvalue weighted by atomic mass is 9.92. The third-order valence-electron chi connectivity index (χ3n) is 6.65. The van der Waals surface area contributed by atoms with Crippen molar-refractivity contribution in [3.63, 3.8) is 0 Å². The van der Waals surface area contributed by atoms with Crippen molar-refractivity contribution in [3.8, 4) is 55.6 Å². The first-order valence-electron chi connectivity index (χ1n) is 12.4. The van der Waals surface area contributed by atoms with Gasteiger partial charge in [0.15, 0.2) is 0 Å². The molecule has 0 nitrogen and oxygen atoms in total. The third kappa shape index (κ3) is 4.62. The van der Waals surface area contributed by atoms with E-state index < -0.39 is 0 Å². The van der Waals surface area contributed by atoms with Gasteiger partial charge in [0.2, 0.25) is 0 Å². The largest absolute Gasteiger partial charge is 0.0622 e. The highest BCUT2D eigenvalue weighted by molar-refractivity contribution is 5.83. The summed E-state index contributed by atoms with van der Waals surface area (Å²) in [6.45, 7) is 0. The predicted molar refractivity (Wildman–Crippen MR) is 154 cm³/mol. The SMILES string of the molecule is c1ccc(-c2cccc(-c3cccc(-c4cc(-c5ccccc5)cc(-c5ccccc5)c4)c3)c2)cc1. The van der Waals surface area contributed by atoms with Crippen molar-refractivity contribution in [1.29, 1.82) is 0 Å². The molecule has 6 aromatic rings. The van der Waals surface area contributed by atoms with Crippen molar-refractivity contribution in [1.82, 2.24) is 0 Å². The van der Waals surface area contributed by atoms with Crippen LogP contribution in [0.15, 0.2) is 158 Å². The maximum atomic E-state index is 2.31. The zero-order valence-electron chi connectivity index (χ0n) is 20.0. The minimum atomic E-state index is 1.22. The summed E-state index contributed by atoms with van der Waals surface area (Å²) in [6, 6.07) is 56.4. The second-order valence-electron chi connectivity index (χ2n) is 9.06. The summed E-state index contributed by atoms with van der Waals surface area (Å²) < 4.78 is 0. The fraction of sp³-hybridized carbons (Fsp3) is 0. The maximum Gasteiger partial charge on any atom is -0.0171 e. The summed E-state index contributed by atoms with van der Waals surface area (Å²) in [4.78, 5) is 0. The molecule has 0 heterocycles. The molecule has 6 rings (SSSR count). The van der Waals surface area contributed by atoms with E-state index in [0.717, 1.165) is 0 Å². The summed E-state index contributed by atoms with van der Waals surface area (Å²) in [6.07, 6.45) is 0. The van der Waals surface area contributed by atoms with Crippen LogP contribution in [0.2, 0.25) is 0 Å². The van der Waals surface area contributed by atoms with E-state index in [1.54, 1.807) is 0 Å². The summed E-state index contributed by atoms with van der Waals surface area (Å²) in [5.41, 5.74) is 12.2. The van der Waals surface area contributed by atoms with Gasteiger partial charge >= 0.3 is 0 Å². The van der Waals surface area contributed by atoms with E-state index >= 15 is 0 Å². The van der Waals surface area contributed by atoms with E-state index in [0.29, 0.717) is 0 Å². The molecule has 0 aliphatic rings. The molecule has 36 heavy (non-hydrogen) atoms. The van der Waals surface area contributed by atoms with Crippen LogP contribution >= 0.6 is 0 Å². The molecular formula is C36H26. The van der Waals surface area contributed by atoms with E-state index in [2.05, 4.69) is 158 Å². The number of rotatable bonds is 5. The van der Waals surface area contributed by atoms with Crippen LogP contribution in [0.1, 0.15) is 0 Å². The Balaban J connectivity index is 1.45. The van der Waals surface area contributed by atoms with Gasteiger partial charge in [-0.1, -0.05) is 127 Å². The Labute approximate surface area is 213 Å². The van der Waals surface area contributed by atoms with Gasteiger partial charge in [-0.2, -0.15) is 0 Å². The molecule has 0 bridgehead atoms. The van der Waals surface area contributed by atoms with Crippen molar-refractivity contribution in [3.05, 3.63) is 158 Å². The highest BCUT2D eigenvalue weighted by atomic mass is 14.1. The van der Waals surface area contributed by atoms with Crippen LogP contribution in [0.4, 0.5) is 0 Å². The van der Waals surface area contributed by atoms with Gasteiger partial charge < -0.3 is 0 Å². The highest BCUT2D eigenvalue weighted by Crippen LogP contribution is 2.35. The lowest BCUT2D eigenvalue weighted by Crippen LogP contribution is -1.87. The van der Waals surface area contributed by atoms with E-state index in [4.69, 9.17) is 0 Å². The summed E-state index contributed by atoms with van der Waals surface area (Å²) >= 11 is 0. The van der Waals surface area contributed by atoms with Crippen molar-refractivity contribution in [2.75, 3.05) is 0 Å². The fourth-order valence-electron chi connectivity index (χ4n) is 4.78. The Morgan fingerprint density at radius 3 is 0.778 bits per heavy atom. The minimum absolute atomic E-state index is 1.22. The van der Waals surface area contributed by atoms with Gasteiger partial charge in [-0.3, -0.25) is 0 Å². The van der Waals surface area contributed by atoms with E-state index in [9.17, 15) is 0 Å². The van der Waals surface area contributed by atoms with E-state index in [1.165, 1.54) is 55.6 Å². The highest BCUT2D eigenvalue weighted by Gasteiger charge is 2.09. The molecule has 0 aliphatic heterocycles. The Morgan fingerprint density at radius 1 is 0.167 bits per heavy atom. The van der Waals surface area contributed by atoms with Crippen molar-refractivity contribution in [2.45, 2.75) is 0 Å². The minimum Gasteiger partial charge on any atom is -0.0622 e. The average molecular weight is 459 g/mol. The van der Waals surface area contributed by atoms with Crippen molar-refractivity contribution < 1.29 is 0 Å². The lowest BCUT2D eigenvalue weighted by molar-refractivity contribution is 1.55. The Morgan fingerprint density at radius 2 is 0.389 bits per heavy atom. The molecule has 170 valence electrons. The predicted octanol–water partition coefficient (Wildman–Crippen LogP) is 10.0. The molecule has 0 saturated carbocycles. The van der Waals surface area contributed by atoms with E-state index in [1.807, 2.05) is 0 Å². The van der Waals surface area contributed by atoms with Crippen LogP contribution in [0.5, 0.6) is 0 Å². The first-order valence-corrected chi connectivity index (χ1v) is 12.4. The third-order valence-corrected chi connectivity index (χ3v) is 6.65. The smallest absolute Gasteiger partial charge is 0.0171 e. The zero-order valence-corrected chi connectivity index (χ0v) is 20.0. The van der Waals surface area contributed by atoms with Crippen LogP contribution in [0.25, 0.3) is 55.6 Å². The van der Waals surface area contributed by atoms with Crippen LogP contribution < -0.4 is 0 Å². The molecule has 0 amide bonds. The molecule has 0 saturated heterocycles. The Bertz CT molecular complexity index is 1540. The maximum absolute atomic E-state index is 2.31. The van der Waals surface area contributed by atoms with Gasteiger partial charge in [-0.25, -0.2) is 0 Å². The number of hydrogen-bond acceptors (Lipinski definition) is 0. The molecule has 0 atom stereocenters.